The van der Waals surface area contributed by atoms with Crippen LogP contribution in [-0.4, -0.2) is 11.5 Å². The first-order valence-electron chi connectivity index (χ1n) is 2.15. The van der Waals surface area contributed by atoms with Crippen LogP contribution in [0.4, 0.5) is 0 Å². The van der Waals surface area contributed by atoms with Crippen molar-refractivity contribution in [3.63, 3.8) is 0 Å². The molecule has 0 bridgehead atoms. The second-order valence-electron chi connectivity index (χ2n) is 1.44. The van der Waals surface area contributed by atoms with E-state index in [4.69, 9.17) is 0 Å². The molecule has 2 heteroatoms. The predicted molar refractivity (Wildman–Crippen MR) is 31.2 cm³/mol. The van der Waals surface area contributed by atoms with E-state index in [2.05, 4.69) is 6.58 Å². The summed E-state index contributed by atoms with van der Waals surface area (Å²) in [5.41, 5.74) is 0. The topological polar surface area (TPSA) is 17.1 Å². The van der Waals surface area contributed by atoms with Crippen molar-refractivity contribution in [3.8, 4) is 0 Å². The third-order valence-electron chi connectivity index (χ3n) is 0.916. The summed E-state index contributed by atoms with van der Waals surface area (Å²) in [6.45, 7) is 3.55. The van der Waals surface area contributed by atoms with Gasteiger partial charge in [0.2, 0.25) is 0 Å². The Morgan fingerprint density at radius 3 is 2.57 bits per heavy atom. The first kappa shape index (κ1) is 4.91. The first-order chi connectivity index (χ1) is 3.30. The van der Waals surface area contributed by atoms with Crippen molar-refractivity contribution in [2.75, 3.05) is 5.75 Å². The van der Waals surface area contributed by atoms with Gasteiger partial charge in [-0.1, -0.05) is 6.58 Å². The average Bonchev–Trinajstić information content (AvgIpc) is 1.91. The van der Waals surface area contributed by atoms with E-state index in [1.807, 2.05) is 0 Å². The molecule has 0 radical (unpaired) electrons. The van der Waals surface area contributed by atoms with Gasteiger partial charge in [0.25, 0.3) is 0 Å². The van der Waals surface area contributed by atoms with Crippen LogP contribution in [0.3, 0.4) is 0 Å². The second kappa shape index (κ2) is 1.70. The van der Waals surface area contributed by atoms with E-state index in [-0.39, 0.29) is 5.78 Å². The van der Waals surface area contributed by atoms with Crippen LogP contribution in [0.5, 0.6) is 0 Å². The molecule has 0 atom stereocenters. The van der Waals surface area contributed by atoms with Crippen LogP contribution < -0.4 is 0 Å². The number of Topliss-reactive ketones (excluding diaryl/α,β-unsaturated/α-hetero) is 1. The first-order valence-corrected chi connectivity index (χ1v) is 3.14. The molecule has 0 aromatic heterocycles. The summed E-state index contributed by atoms with van der Waals surface area (Å²) in [4.78, 5) is 11.2. The highest BCUT2D eigenvalue weighted by atomic mass is 32.2. The van der Waals surface area contributed by atoms with Gasteiger partial charge in [-0.3, -0.25) is 4.79 Å². The standard InChI is InChI=1S/C5H6OS/c1-4-5(6)2-3-7-4/h1-3H2. The van der Waals surface area contributed by atoms with Gasteiger partial charge in [-0.15, -0.1) is 11.8 Å². The maximum atomic E-state index is 10.5. The Morgan fingerprint density at radius 2 is 2.43 bits per heavy atom. The molecule has 1 aliphatic heterocycles. The van der Waals surface area contributed by atoms with Crippen LogP contribution in [0, 0.1) is 0 Å². The van der Waals surface area contributed by atoms with Crippen molar-refractivity contribution in [2.24, 2.45) is 0 Å². The molecule has 0 aromatic carbocycles. The van der Waals surface area contributed by atoms with Crippen molar-refractivity contribution in [3.05, 3.63) is 11.5 Å². The lowest BCUT2D eigenvalue weighted by Gasteiger charge is -1.79. The summed E-state index contributed by atoms with van der Waals surface area (Å²) in [6.07, 6.45) is 0.698. The molecule has 0 amide bonds. The molecular weight excluding hydrogens is 108 g/mol. The number of rotatable bonds is 0. The van der Waals surface area contributed by atoms with Crippen LogP contribution in [0.2, 0.25) is 0 Å². The zero-order valence-corrected chi connectivity index (χ0v) is 4.75. The lowest BCUT2D eigenvalue weighted by molar-refractivity contribution is -0.114. The van der Waals surface area contributed by atoms with Gasteiger partial charge in [0.05, 0.1) is 0 Å². The molecule has 0 spiro atoms. The summed E-state index contributed by atoms with van der Waals surface area (Å²) in [7, 11) is 0. The predicted octanol–water partition coefficient (Wildman–Crippen LogP) is 1.21. The summed E-state index contributed by atoms with van der Waals surface area (Å²) in [5.74, 6) is 1.17. The lowest BCUT2D eigenvalue weighted by atomic mass is 10.3. The van der Waals surface area contributed by atoms with Crippen LogP contribution in [-0.2, 0) is 4.79 Å². The number of carbonyl (C=O) groups excluding carboxylic acids is 1. The molecule has 1 heterocycles. The Morgan fingerprint density at radius 1 is 1.71 bits per heavy atom. The Hall–Kier alpha value is -0.240. The number of allylic oxidation sites excluding steroid dienone is 1. The van der Waals surface area contributed by atoms with Crippen molar-refractivity contribution < 1.29 is 4.79 Å². The Kier molecular flexibility index (Phi) is 1.19. The third kappa shape index (κ3) is 0.855. The number of thioether (sulfide) groups is 1. The van der Waals surface area contributed by atoms with E-state index in [0.717, 1.165) is 10.7 Å². The van der Waals surface area contributed by atoms with Gasteiger partial charge in [0, 0.05) is 17.1 Å². The fourth-order valence-electron chi connectivity index (χ4n) is 0.487. The van der Waals surface area contributed by atoms with E-state index in [1.165, 1.54) is 0 Å². The highest BCUT2D eigenvalue weighted by Gasteiger charge is 2.13. The largest absolute Gasteiger partial charge is 0.294 e. The average molecular weight is 114 g/mol. The minimum atomic E-state index is 0.227. The monoisotopic (exact) mass is 114 g/mol. The molecule has 7 heavy (non-hydrogen) atoms. The van der Waals surface area contributed by atoms with Crippen molar-refractivity contribution >= 4 is 17.5 Å². The fraction of sp³-hybridized carbons (Fsp3) is 0.400. The quantitative estimate of drug-likeness (QED) is 0.440. The number of ketones is 1. The highest BCUT2D eigenvalue weighted by Crippen LogP contribution is 2.24. The van der Waals surface area contributed by atoms with Crippen LogP contribution >= 0.6 is 11.8 Å². The summed E-state index contributed by atoms with van der Waals surface area (Å²) < 4.78 is 0. The Balaban J connectivity index is 2.65. The zero-order valence-electron chi connectivity index (χ0n) is 3.94. The maximum absolute atomic E-state index is 10.5. The molecule has 1 fully saturated rings. The smallest absolute Gasteiger partial charge is 0.169 e. The van der Waals surface area contributed by atoms with Gasteiger partial charge in [-0.25, -0.2) is 0 Å². The van der Waals surface area contributed by atoms with E-state index in [0.29, 0.717) is 6.42 Å². The van der Waals surface area contributed by atoms with E-state index >= 15 is 0 Å². The normalized spacial score (nSPS) is 21.1. The molecule has 0 saturated carbocycles. The van der Waals surface area contributed by atoms with Gasteiger partial charge in [0.15, 0.2) is 5.78 Å². The molecular formula is C5H6OS. The summed E-state index contributed by atoms with van der Waals surface area (Å²) in [6, 6.07) is 0. The van der Waals surface area contributed by atoms with Crippen LogP contribution in [0.1, 0.15) is 6.42 Å². The van der Waals surface area contributed by atoms with Gasteiger partial charge >= 0.3 is 0 Å². The summed E-state index contributed by atoms with van der Waals surface area (Å²) >= 11 is 1.56. The van der Waals surface area contributed by atoms with Gasteiger partial charge in [-0.2, -0.15) is 0 Å². The lowest BCUT2D eigenvalue weighted by Crippen LogP contribution is -1.86. The van der Waals surface area contributed by atoms with E-state index in [9.17, 15) is 4.79 Å². The molecule has 0 unspecified atom stereocenters. The molecule has 1 aliphatic rings. The van der Waals surface area contributed by atoms with Crippen molar-refractivity contribution in [1.82, 2.24) is 0 Å². The Labute approximate surface area is 46.8 Å². The number of hydrogen-bond donors (Lipinski definition) is 0. The van der Waals surface area contributed by atoms with Crippen molar-refractivity contribution in [2.45, 2.75) is 6.42 Å². The molecule has 38 valence electrons. The minimum Gasteiger partial charge on any atom is -0.294 e. The zero-order chi connectivity index (χ0) is 5.28. The van der Waals surface area contributed by atoms with Gasteiger partial charge < -0.3 is 0 Å². The Bertz CT molecular complexity index is 103. The number of carbonyl (C=O) groups is 1. The molecule has 1 saturated heterocycles. The molecule has 1 nitrogen and oxygen atoms in total. The van der Waals surface area contributed by atoms with Gasteiger partial charge in [-0.05, 0) is 0 Å². The van der Waals surface area contributed by atoms with E-state index in [1.54, 1.807) is 11.8 Å². The SMILES string of the molecule is C=C1SCCC1=O. The summed E-state index contributed by atoms with van der Waals surface area (Å²) in [5, 5.41) is 0. The fourth-order valence-corrected chi connectivity index (χ4v) is 1.28. The van der Waals surface area contributed by atoms with Crippen LogP contribution in [0.15, 0.2) is 11.5 Å². The second-order valence-corrected chi connectivity index (χ2v) is 2.63. The third-order valence-corrected chi connectivity index (χ3v) is 1.90. The van der Waals surface area contributed by atoms with Crippen LogP contribution in [0.25, 0.3) is 0 Å². The number of hydrogen-bond acceptors (Lipinski definition) is 2. The maximum Gasteiger partial charge on any atom is 0.169 e. The minimum absolute atomic E-state index is 0.227. The molecule has 0 N–H and O–H groups in total. The highest BCUT2D eigenvalue weighted by molar-refractivity contribution is 8.04. The van der Waals surface area contributed by atoms with Gasteiger partial charge in [0.1, 0.15) is 0 Å². The molecule has 0 aromatic rings. The molecule has 0 aliphatic carbocycles. The van der Waals surface area contributed by atoms with E-state index < -0.39 is 0 Å². The molecule has 1 rings (SSSR count). The van der Waals surface area contributed by atoms with Crippen molar-refractivity contribution in [1.29, 1.82) is 0 Å².